The third-order valence-corrected chi connectivity index (χ3v) is 5.57. The number of hydrogen-bond donors (Lipinski definition) is 0. The monoisotopic (exact) mass is 393 g/mol. The summed E-state index contributed by atoms with van der Waals surface area (Å²) in [4.78, 5) is 42.3. The van der Waals surface area contributed by atoms with Crippen LogP contribution >= 0.6 is 0 Å². The maximum atomic E-state index is 14.1. The van der Waals surface area contributed by atoms with Gasteiger partial charge in [0.25, 0.3) is 5.91 Å². The molecule has 28 heavy (non-hydrogen) atoms. The van der Waals surface area contributed by atoms with Crippen LogP contribution in [0.25, 0.3) is 0 Å². The lowest BCUT2D eigenvalue weighted by Gasteiger charge is -2.42. The van der Waals surface area contributed by atoms with E-state index in [2.05, 4.69) is 0 Å². The summed E-state index contributed by atoms with van der Waals surface area (Å²) in [6.45, 7) is 6.21. The number of nitrogens with zero attached hydrogens (tertiary/aromatic N) is 3. The van der Waals surface area contributed by atoms with Crippen molar-refractivity contribution in [2.45, 2.75) is 45.7 Å². The molecule has 0 N–H and O–H groups in total. The molecule has 0 saturated carbocycles. The van der Waals surface area contributed by atoms with Crippen LogP contribution in [-0.4, -0.2) is 57.7 Å². The highest BCUT2D eigenvalue weighted by Gasteiger charge is 2.58. The molecule has 2 saturated heterocycles. The van der Waals surface area contributed by atoms with Gasteiger partial charge in [0, 0.05) is 32.1 Å². The van der Waals surface area contributed by atoms with Crippen LogP contribution in [-0.2, 0) is 16.1 Å². The Labute approximate surface area is 163 Å². The predicted molar refractivity (Wildman–Crippen MR) is 98.1 cm³/mol. The molecule has 3 rings (SSSR count). The zero-order valence-electron chi connectivity index (χ0n) is 16.4. The first-order valence-corrected chi connectivity index (χ1v) is 9.49. The minimum absolute atomic E-state index is 0.0376. The summed E-state index contributed by atoms with van der Waals surface area (Å²) in [7, 11) is 0. The molecular weight excluding hydrogens is 368 g/mol. The van der Waals surface area contributed by atoms with Crippen molar-refractivity contribution in [3.8, 4) is 0 Å². The van der Waals surface area contributed by atoms with Gasteiger partial charge >= 0.3 is 6.03 Å². The molecule has 0 atom stereocenters. The maximum Gasteiger partial charge on any atom is 0.328 e. The van der Waals surface area contributed by atoms with Crippen LogP contribution in [0.1, 0.15) is 39.2 Å². The zero-order valence-corrected chi connectivity index (χ0v) is 16.4. The van der Waals surface area contributed by atoms with Crippen LogP contribution in [0.15, 0.2) is 18.2 Å². The number of carbonyl (C=O) groups is 3. The molecular formula is C20H25F2N3O3. The molecule has 0 radical (unpaired) electrons. The highest BCUT2D eigenvalue weighted by molar-refractivity contribution is 6.07. The van der Waals surface area contributed by atoms with Crippen LogP contribution in [0.4, 0.5) is 13.6 Å². The zero-order chi connectivity index (χ0) is 20.6. The van der Waals surface area contributed by atoms with Crippen molar-refractivity contribution < 1.29 is 23.2 Å². The first-order chi connectivity index (χ1) is 13.2. The quantitative estimate of drug-likeness (QED) is 0.739. The number of rotatable bonds is 4. The molecule has 2 fully saturated rings. The summed E-state index contributed by atoms with van der Waals surface area (Å²) in [5, 5.41) is 0. The number of urea groups is 1. The Morgan fingerprint density at radius 1 is 1.18 bits per heavy atom. The van der Waals surface area contributed by atoms with Gasteiger partial charge in [-0.25, -0.2) is 13.6 Å². The third kappa shape index (κ3) is 3.36. The van der Waals surface area contributed by atoms with E-state index in [1.807, 2.05) is 13.8 Å². The molecule has 0 aliphatic carbocycles. The van der Waals surface area contributed by atoms with Gasteiger partial charge in [0.15, 0.2) is 11.6 Å². The second-order valence-electron chi connectivity index (χ2n) is 7.93. The van der Waals surface area contributed by atoms with Crippen LogP contribution in [0.2, 0.25) is 0 Å². The molecule has 2 aliphatic rings. The van der Waals surface area contributed by atoms with E-state index in [0.717, 1.165) is 11.0 Å². The van der Waals surface area contributed by atoms with Gasteiger partial charge in [-0.05, 0) is 24.8 Å². The van der Waals surface area contributed by atoms with Gasteiger partial charge in [-0.3, -0.25) is 14.5 Å². The molecule has 1 spiro atoms. The van der Waals surface area contributed by atoms with E-state index in [0.29, 0.717) is 32.5 Å². The fourth-order valence-corrected chi connectivity index (χ4v) is 4.06. The van der Waals surface area contributed by atoms with Crippen LogP contribution < -0.4 is 0 Å². The fraction of sp³-hybridized carbons (Fsp3) is 0.550. The summed E-state index contributed by atoms with van der Waals surface area (Å²) in [5.41, 5.74) is -1.07. The number of amides is 4. The Morgan fingerprint density at radius 2 is 1.82 bits per heavy atom. The summed E-state index contributed by atoms with van der Waals surface area (Å²) >= 11 is 0. The molecule has 1 aromatic carbocycles. The van der Waals surface area contributed by atoms with Gasteiger partial charge in [0.05, 0.1) is 6.54 Å². The molecule has 6 nitrogen and oxygen atoms in total. The molecule has 2 aliphatic heterocycles. The lowest BCUT2D eigenvalue weighted by Crippen LogP contribution is -2.57. The average Bonchev–Trinajstić information content (AvgIpc) is 2.82. The topological polar surface area (TPSA) is 60.9 Å². The molecule has 152 valence electrons. The van der Waals surface area contributed by atoms with Crippen molar-refractivity contribution in [1.82, 2.24) is 14.7 Å². The molecule has 0 unspecified atom stereocenters. The van der Waals surface area contributed by atoms with Gasteiger partial charge in [-0.15, -0.1) is 0 Å². The summed E-state index contributed by atoms with van der Waals surface area (Å²) in [6, 6.07) is 3.23. The fourth-order valence-electron chi connectivity index (χ4n) is 4.06. The molecule has 8 heteroatoms. The van der Waals surface area contributed by atoms with Gasteiger partial charge in [0.1, 0.15) is 5.54 Å². The van der Waals surface area contributed by atoms with E-state index in [4.69, 9.17) is 0 Å². The van der Waals surface area contributed by atoms with Crippen molar-refractivity contribution in [2.75, 3.05) is 19.6 Å². The Morgan fingerprint density at radius 3 is 2.39 bits per heavy atom. The SMILES string of the molecule is CC(=O)N1CCC2(CC1)C(=O)N(Cc1cccc(F)c1F)C(=O)N2CC(C)C. The lowest BCUT2D eigenvalue weighted by molar-refractivity contribution is -0.140. The van der Waals surface area contributed by atoms with Crippen LogP contribution in [0.5, 0.6) is 0 Å². The lowest BCUT2D eigenvalue weighted by atomic mass is 9.85. The Balaban J connectivity index is 1.91. The van der Waals surface area contributed by atoms with E-state index < -0.39 is 29.1 Å². The number of hydrogen-bond acceptors (Lipinski definition) is 3. The van der Waals surface area contributed by atoms with E-state index in [-0.39, 0.29) is 23.9 Å². The van der Waals surface area contributed by atoms with Gasteiger partial charge in [-0.2, -0.15) is 0 Å². The predicted octanol–water partition coefficient (Wildman–Crippen LogP) is 2.77. The first-order valence-electron chi connectivity index (χ1n) is 9.49. The van der Waals surface area contributed by atoms with Crippen molar-refractivity contribution in [3.63, 3.8) is 0 Å². The van der Waals surface area contributed by atoms with Gasteiger partial charge in [-0.1, -0.05) is 26.0 Å². The maximum absolute atomic E-state index is 14.1. The molecule has 2 heterocycles. The van der Waals surface area contributed by atoms with Crippen molar-refractivity contribution in [2.24, 2.45) is 5.92 Å². The van der Waals surface area contributed by atoms with Crippen molar-refractivity contribution in [1.29, 1.82) is 0 Å². The van der Waals surface area contributed by atoms with Crippen molar-refractivity contribution >= 4 is 17.8 Å². The number of piperidine rings is 1. The number of halogens is 2. The van der Waals surface area contributed by atoms with Gasteiger partial charge < -0.3 is 9.80 Å². The normalized spacial score (nSPS) is 19.3. The average molecular weight is 393 g/mol. The molecule has 4 amide bonds. The minimum Gasteiger partial charge on any atom is -0.343 e. The Kier molecular flexibility index (Phi) is 5.41. The Bertz CT molecular complexity index is 804. The Hall–Kier alpha value is -2.51. The van der Waals surface area contributed by atoms with Crippen LogP contribution in [0.3, 0.4) is 0 Å². The van der Waals surface area contributed by atoms with Crippen molar-refractivity contribution in [3.05, 3.63) is 35.4 Å². The minimum atomic E-state index is -1.05. The summed E-state index contributed by atoms with van der Waals surface area (Å²) in [6.07, 6.45) is 0.679. The van der Waals surface area contributed by atoms with E-state index in [9.17, 15) is 23.2 Å². The first kappa shape index (κ1) is 20.2. The molecule has 1 aromatic rings. The highest BCUT2D eigenvalue weighted by atomic mass is 19.2. The van der Waals surface area contributed by atoms with E-state index >= 15 is 0 Å². The van der Waals surface area contributed by atoms with E-state index in [1.165, 1.54) is 19.1 Å². The number of likely N-dealkylation sites (tertiary alicyclic amines) is 1. The molecule has 0 bridgehead atoms. The molecule has 0 aromatic heterocycles. The van der Waals surface area contributed by atoms with E-state index in [1.54, 1.807) is 9.80 Å². The second kappa shape index (κ2) is 7.48. The third-order valence-electron chi connectivity index (χ3n) is 5.57. The van der Waals surface area contributed by atoms with Gasteiger partial charge in [0.2, 0.25) is 5.91 Å². The number of benzene rings is 1. The summed E-state index contributed by atoms with van der Waals surface area (Å²) in [5.74, 6) is -2.40. The number of carbonyl (C=O) groups excluding carboxylic acids is 3. The standard InChI is InChI=1S/C20H25F2N3O3/c1-13(2)11-25-19(28)24(12-15-5-4-6-16(21)17(15)22)18(27)20(25)7-9-23(10-8-20)14(3)26/h4-6,13H,7-12H2,1-3H3. The highest BCUT2D eigenvalue weighted by Crippen LogP contribution is 2.38. The number of imide groups is 1. The summed E-state index contributed by atoms with van der Waals surface area (Å²) < 4.78 is 27.7. The smallest absolute Gasteiger partial charge is 0.328 e. The second-order valence-corrected chi connectivity index (χ2v) is 7.93. The largest absolute Gasteiger partial charge is 0.343 e. The van der Waals surface area contributed by atoms with Crippen LogP contribution in [0, 0.1) is 17.6 Å².